The molecule has 1 rings (SSSR count). The number of amides is 1. The molecule has 0 aliphatic heterocycles. The van der Waals surface area contributed by atoms with Crippen LogP contribution in [0.15, 0.2) is 0 Å². The van der Waals surface area contributed by atoms with E-state index in [1.165, 1.54) is 0 Å². The van der Waals surface area contributed by atoms with Crippen LogP contribution >= 0.6 is 0 Å². The first kappa shape index (κ1) is 12.0. The van der Waals surface area contributed by atoms with Crippen LogP contribution in [0.4, 0.5) is 0 Å². The van der Waals surface area contributed by atoms with Crippen LogP contribution in [-0.2, 0) is 9.59 Å². The van der Waals surface area contributed by atoms with E-state index in [1.807, 2.05) is 0 Å². The van der Waals surface area contributed by atoms with Crippen molar-refractivity contribution in [2.75, 3.05) is 6.54 Å². The molecule has 1 aliphatic rings. The van der Waals surface area contributed by atoms with Crippen LogP contribution in [0.3, 0.4) is 0 Å². The summed E-state index contributed by atoms with van der Waals surface area (Å²) in [5.41, 5.74) is -0.542. The number of hydrogen-bond donors (Lipinski definition) is 2. The number of carboxylic acids is 1. The van der Waals surface area contributed by atoms with Gasteiger partial charge in [-0.25, -0.2) is 0 Å². The van der Waals surface area contributed by atoms with Gasteiger partial charge >= 0.3 is 5.97 Å². The van der Waals surface area contributed by atoms with Crippen molar-refractivity contribution in [2.24, 2.45) is 17.3 Å². The second-order valence-corrected chi connectivity index (χ2v) is 5.33. The van der Waals surface area contributed by atoms with E-state index < -0.39 is 17.3 Å². The quantitative estimate of drug-likeness (QED) is 0.691. The smallest absolute Gasteiger partial charge is 0.316 e. The van der Waals surface area contributed by atoms with Crippen molar-refractivity contribution in [1.29, 1.82) is 0 Å². The molecule has 4 heteroatoms. The molecule has 1 atom stereocenters. The highest BCUT2D eigenvalue weighted by molar-refractivity contribution is 5.97. The maximum absolute atomic E-state index is 11.7. The molecule has 0 aromatic carbocycles. The maximum Gasteiger partial charge on any atom is 0.316 e. The molecule has 0 saturated heterocycles. The highest BCUT2D eigenvalue weighted by Crippen LogP contribution is 2.29. The van der Waals surface area contributed by atoms with Crippen LogP contribution in [0.1, 0.15) is 33.6 Å². The van der Waals surface area contributed by atoms with Crippen molar-refractivity contribution >= 4 is 11.9 Å². The van der Waals surface area contributed by atoms with Gasteiger partial charge in [-0.3, -0.25) is 9.59 Å². The molecule has 1 fully saturated rings. The van der Waals surface area contributed by atoms with Crippen LogP contribution < -0.4 is 5.32 Å². The third kappa shape index (κ3) is 3.53. The molecular weight excluding hydrogens is 194 g/mol. The lowest BCUT2D eigenvalue weighted by molar-refractivity contribution is -0.151. The Kier molecular flexibility index (Phi) is 3.37. The van der Waals surface area contributed by atoms with Gasteiger partial charge in [0.15, 0.2) is 0 Å². The first-order valence-corrected chi connectivity index (χ1v) is 5.33. The Morgan fingerprint density at radius 1 is 1.40 bits per heavy atom. The Balaban J connectivity index is 2.54. The van der Waals surface area contributed by atoms with E-state index in [4.69, 9.17) is 5.11 Å². The number of carbonyl (C=O) groups excluding carboxylic acids is 1. The molecule has 0 aromatic heterocycles. The van der Waals surface area contributed by atoms with E-state index in [9.17, 15) is 9.59 Å². The molecule has 86 valence electrons. The van der Waals surface area contributed by atoms with Crippen molar-refractivity contribution in [3.8, 4) is 0 Å². The topological polar surface area (TPSA) is 66.4 Å². The molecule has 2 N–H and O–H groups in total. The predicted octanol–water partition coefficient (Wildman–Crippen LogP) is 1.26. The molecule has 0 spiro atoms. The van der Waals surface area contributed by atoms with E-state index in [2.05, 4.69) is 5.32 Å². The van der Waals surface area contributed by atoms with Gasteiger partial charge in [0.05, 0.1) is 0 Å². The minimum atomic E-state index is -1.05. The summed E-state index contributed by atoms with van der Waals surface area (Å²) < 4.78 is 0. The molecule has 1 unspecified atom stereocenters. The van der Waals surface area contributed by atoms with Crippen molar-refractivity contribution in [1.82, 2.24) is 5.32 Å². The summed E-state index contributed by atoms with van der Waals surface area (Å²) >= 11 is 0. The lowest BCUT2D eigenvalue weighted by atomic mass is 9.80. The van der Waals surface area contributed by atoms with Crippen molar-refractivity contribution in [3.63, 3.8) is 0 Å². The largest absolute Gasteiger partial charge is 0.481 e. The summed E-state index contributed by atoms with van der Waals surface area (Å²) in [6.07, 6.45) is 2.29. The molecule has 0 radical (unpaired) electrons. The number of nitrogens with one attached hydrogen (secondary N) is 1. The van der Waals surface area contributed by atoms with E-state index in [0.717, 1.165) is 12.8 Å². The molecule has 1 saturated carbocycles. The standard InChI is InChI=1S/C11H19NO3/c1-11(2,3)8(10(14)15)9(13)12-6-7-4-5-7/h7-8H,4-6H2,1-3H3,(H,12,13)(H,14,15). The zero-order valence-electron chi connectivity index (χ0n) is 9.54. The second kappa shape index (κ2) is 4.21. The predicted molar refractivity (Wildman–Crippen MR) is 56.3 cm³/mol. The van der Waals surface area contributed by atoms with E-state index in [0.29, 0.717) is 12.5 Å². The van der Waals surface area contributed by atoms with Crippen LogP contribution in [-0.4, -0.2) is 23.5 Å². The van der Waals surface area contributed by atoms with Crippen molar-refractivity contribution in [3.05, 3.63) is 0 Å². The Hall–Kier alpha value is -1.06. The average Bonchev–Trinajstić information content (AvgIpc) is 2.79. The lowest BCUT2D eigenvalue weighted by Gasteiger charge is -2.25. The summed E-state index contributed by atoms with van der Waals surface area (Å²) in [5, 5.41) is 11.7. The first-order chi connectivity index (χ1) is 6.82. The minimum absolute atomic E-state index is 0.359. The van der Waals surface area contributed by atoms with Gasteiger partial charge in [-0.2, -0.15) is 0 Å². The summed E-state index contributed by atoms with van der Waals surface area (Å²) in [4.78, 5) is 22.7. The number of rotatable bonds is 4. The fourth-order valence-electron chi connectivity index (χ4n) is 1.54. The molecule has 1 aliphatic carbocycles. The van der Waals surface area contributed by atoms with Gasteiger partial charge in [-0.1, -0.05) is 20.8 Å². The minimum Gasteiger partial charge on any atom is -0.481 e. The summed E-state index contributed by atoms with van der Waals surface area (Å²) in [6.45, 7) is 5.92. The first-order valence-electron chi connectivity index (χ1n) is 5.33. The number of hydrogen-bond acceptors (Lipinski definition) is 2. The summed E-state index contributed by atoms with van der Waals surface area (Å²) in [5.74, 6) is -1.79. The Morgan fingerprint density at radius 3 is 2.27 bits per heavy atom. The molecular formula is C11H19NO3. The number of carbonyl (C=O) groups is 2. The third-order valence-corrected chi connectivity index (χ3v) is 2.64. The van der Waals surface area contributed by atoms with E-state index in [1.54, 1.807) is 20.8 Å². The van der Waals surface area contributed by atoms with Crippen LogP contribution in [0.25, 0.3) is 0 Å². The summed E-state index contributed by atoms with van der Waals surface area (Å²) in [6, 6.07) is 0. The number of carboxylic acid groups (broad SMARTS) is 1. The monoisotopic (exact) mass is 213 g/mol. The fourth-order valence-corrected chi connectivity index (χ4v) is 1.54. The molecule has 1 amide bonds. The Morgan fingerprint density at radius 2 is 1.93 bits per heavy atom. The molecule has 15 heavy (non-hydrogen) atoms. The van der Waals surface area contributed by atoms with Gasteiger partial charge in [0.1, 0.15) is 5.92 Å². The summed E-state index contributed by atoms with van der Waals surface area (Å²) in [7, 11) is 0. The molecule has 4 nitrogen and oxygen atoms in total. The highest BCUT2D eigenvalue weighted by Gasteiger charge is 2.38. The lowest BCUT2D eigenvalue weighted by Crippen LogP contribution is -2.43. The fraction of sp³-hybridized carbons (Fsp3) is 0.818. The van der Waals surface area contributed by atoms with Crippen LogP contribution in [0.5, 0.6) is 0 Å². The van der Waals surface area contributed by atoms with Gasteiger partial charge in [0.2, 0.25) is 5.91 Å². The normalized spacial score (nSPS) is 18.3. The Labute approximate surface area is 90.0 Å². The van der Waals surface area contributed by atoms with Gasteiger partial charge in [-0.15, -0.1) is 0 Å². The van der Waals surface area contributed by atoms with Gasteiger partial charge in [0.25, 0.3) is 0 Å². The molecule has 0 bridgehead atoms. The van der Waals surface area contributed by atoms with Gasteiger partial charge < -0.3 is 10.4 Å². The van der Waals surface area contributed by atoms with E-state index in [-0.39, 0.29) is 5.91 Å². The number of aliphatic carboxylic acids is 1. The van der Waals surface area contributed by atoms with E-state index >= 15 is 0 Å². The van der Waals surface area contributed by atoms with Crippen LogP contribution in [0, 0.1) is 17.3 Å². The average molecular weight is 213 g/mol. The molecule has 0 heterocycles. The zero-order valence-corrected chi connectivity index (χ0v) is 9.54. The van der Waals surface area contributed by atoms with Gasteiger partial charge in [0, 0.05) is 6.54 Å². The van der Waals surface area contributed by atoms with Gasteiger partial charge in [-0.05, 0) is 24.2 Å². The Bertz CT molecular complexity index is 263. The zero-order chi connectivity index (χ0) is 11.6. The maximum atomic E-state index is 11.7. The second-order valence-electron chi connectivity index (χ2n) is 5.33. The molecule has 0 aromatic rings. The van der Waals surface area contributed by atoms with Crippen molar-refractivity contribution < 1.29 is 14.7 Å². The third-order valence-electron chi connectivity index (χ3n) is 2.64. The SMILES string of the molecule is CC(C)(C)C(C(=O)O)C(=O)NCC1CC1. The highest BCUT2D eigenvalue weighted by atomic mass is 16.4. The van der Waals surface area contributed by atoms with Crippen molar-refractivity contribution in [2.45, 2.75) is 33.6 Å². The van der Waals surface area contributed by atoms with Crippen LogP contribution in [0.2, 0.25) is 0 Å².